The first kappa shape index (κ1) is 13.5. The monoisotopic (exact) mass is 260 g/mol. The van der Waals surface area contributed by atoms with Crippen LogP contribution in [0.5, 0.6) is 5.88 Å². The summed E-state index contributed by atoms with van der Waals surface area (Å²) < 4.78 is 7.13. The Bertz CT molecular complexity index is 522. The van der Waals surface area contributed by atoms with E-state index in [-0.39, 0.29) is 0 Å². The molecule has 5 nitrogen and oxygen atoms in total. The molecule has 0 bridgehead atoms. The molecule has 5 heteroatoms. The van der Waals surface area contributed by atoms with Crippen LogP contribution >= 0.6 is 0 Å². The standard InChI is InChI=1S/C14H20N4O/c1-11-13(14(19-3)18(2)17-11)10-15-9-7-12-6-4-5-8-16-12/h4-6,8,15H,7,9-10H2,1-3H3. The molecule has 102 valence electrons. The summed E-state index contributed by atoms with van der Waals surface area (Å²) in [6, 6.07) is 5.98. The van der Waals surface area contributed by atoms with Gasteiger partial charge in [0, 0.05) is 38.4 Å². The number of pyridine rings is 1. The van der Waals surface area contributed by atoms with Gasteiger partial charge in [0.2, 0.25) is 5.88 Å². The lowest BCUT2D eigenvalue weighted by Gasteiger charge is -2.06. The lowest BCUT2D eigenvalue weighted by Crippen LogP contribution is -2.17. The second-order valence-electron chi connectivity index (χ2n) is 4.44. The third kappa shape index (κ3) is 3.32. The van der Waals surface area contributed by atoms with Gasteiger partial charge < -0.3 is 10.1 Å². The van der Waals surface area contributed by atoms with E-state index in [4.69, 9.17) is 4.74 Å². The summed E-state index contributed by atoms with van der Waals surface area (Å²) in [5.74, 6) is 0.822. The smallest absolute Gasteiger partial charge is 0.216 e. The van der Waals surface area contributed by atoms with Gasteiger partial charge in [-0.2, -0.15) is 5.10 Å². The minimum Gasteiger partial charge on any atom is -0.481 e. The van der Waals surface area contributed by atoms with Gasteiger partial charge in [0.15, 0.2) is 0 Å². The van der Waals surface area contributed by atoms with Crippen molar-refractivity contribution in [1.29, 1.82) is 0 Å². The molecule has 2 heterocycles. The first-order valence-corrected chi connectivity index (χ1v) is 6.39. The van der Waals surface area contributed by atoms with Crippen molar-refractivity contribution in [3.8, 4) is 5.88 Å². The van der Waals surface area contributed by atoms with Crippen molar-refractivity contribution in [1.82, 2.24) is 20.1 Å². The minimum absolute atomic E-state index is 0.760. The van der Waals surface area contributed by atoms with Crippen molar-refractivity contribution >= 4 is 0 Å². The summed E-state index contributed by atoms with van der Waals surface area (Å²) in [6.45, 7) is 3.64. The van der Waals surface area contributed by atoms with Gasteiger partial charge in [0.1, 0.15) is 0 Å². The zero-order chi connectivity index (χ0) is 13.7. The first-order valence-electron chi connectivity index (χ1n) is 6.39. The summed E-state index contributed by atoms with van der Waals surface area (Å²) in [5.41, 5.74) is 3.22. The molecule has 0 fully saturated rings. The van der Waals surface area contributed by atoms with Gasteiger partial charge in [-0.3, -0.25) is 4.98 Å². The topological polar surface area (TPSA) is 52.0 Å². The molecule has 0 aliphatic carbocycles. The molecule has 19 heavy (non-hydrogen) atoms. The Morgan fingerprint density at radius 3 is 2.89 bits per heavy atom. The van der Waals surface area contributed by atoms with E-state index in [1.165, 1.54) is 0 Å². The highest BCUT2D eigenvalue weighted by Gasteiger charge is 2.12. The molecule has 0 saturated heterocycles. The Hall–Kier alpha value is -1.88. The van der Waals surface area contributed by atoms with Crippen molar-refractivity contribution in [3.63, 3.8) is 0 Å². The number of methoxy groups -OCH3 is 1. The van der Waals surface area contributed by atoms with Crippen LogP contribution < -0.4 is 10.1 Å². The molecule has 0 unspecified atom stereocenters. The van der Waals surface area contributed by atoms with E-state index in [9.17, 15) is 0 Å². The molecule has 0 aliphatic heterocycles. The molecule has 0 saturated carbocycles. The quantitative estimate of drug-likeness (QED) is 0.799. The van der Waals surface area contributed by atoms with Gasteiger partial charge in [-0.1, -0.05) is 6.07 Å². The Labute approximate surface area is 113 Å². The van der Waals surface area contributed by atoms with E-state index in [0.29, 0.717) is 0 Å². The van der Waals surface area contributed by atoms with Crippen LogP contribution in [0.3, 0.4) is 0 Å². The predicted octanol–water partition coefficient (Wildman–Crippen LogP) is 1.46. The summed E-state index contributed by atoms with van der Waals surface area (Å²) in [4.78, 5) is 4.30. The van der Waals surface area contributed by atoms with Crippen molar-refractivity contribution in [2.24, 2.45) is 7.05 Å². The highest BCUT2D eigenvalue weighted by Crippen LogP contribution is 2.20. The number of hydrogen-bond donors (Lipinski definition) is 1. The van der Waals surface area contributed by atoms with Gasteiger partial charge in [-0.25, -0.2) is 4.68 Å². The second-order valence-corrected chi connectivity index (χ2v) is 4.44. The Morgan fingerprint density at radius 2 is 2.21 bits per heavy atom. The van der Waals surface area contributed by atoms with Crippen molar-refractivity contribution in [2.75, 3.05) is 13.7 Å². The number of nitrogens with zero attached hydrogens (tertiary/aromatic N) is 3. The van der Waals surface area contributed by atoms with Crippen LogP contribution in [0, 0.1) is 6.92 Å². The third-order valence-electron chi connectivity index (χ3n) is 3.07. The molecule has 0 aromatic carbocycles. The van der Waals surface area contributed by atoms with Crippen LogP contribution in [-0.2, 0) is 20.0 Å². The first-order chi connectivity index (χ1) is 9.22. The molecule has 0 spiro atoms. The molecule has 0 radical (unpaired) electrons. The Morgan fingerprint density at radius 1 is 1.37 bits per heavy atom. The molecule has 2 aromatic heterocycles. The van der Waals surface area contributed by atoms with E-state index < -0.39 is 0 Å². The summed E-state index contributed by atoms with van der Waals surface area (Å²) in [7, 11) is 3.57. The maximum absolute atomic E-state index is 5.36. The van der Waals surface area contributed by atoms with Crippen LogP contribution in [0.2, 0.25) is 0 Å². The molecule has 0 atom stereocenters. The number of nitrogens with one attached hydrogen (secondary N) is 1. The summed E-state index contributed by atoms with van der Waals surface area (Å²) in [5, 5.41) is 7.76. The molecular weight excluding hydrogens is 240 g/mol. The average Bonchev–Trinajstić information content (AvgIpc) is 2.70. The van der Waals surface area contributed by atoms with Crippen LogP contribution in [-0.4, -0.2) is 28.4 Å². The maximum atomic E-state index is 5.36. The largest absolute Gasteiger partial charge is 0.481 e. The number of aromatic nitrogens is 3. The highest BCUT2D eigenvalue weighted by molar-refractivity contribution is 5.30. The third-order valence-corrected chi connectivity index (χ3v) is 3.07. The molecule has 2 rings (SSSR count). The summed E-state index contributed by atoms with van der Waals surface area (Å²) in [6.07, 6.45) is 2.74. The maximum Gasteiger partial charge on any atom is 0.216 e. The molecule has 0 aliphatic rings. The van der Waals surface area contributed by atoms with Gasteiger partial charge >= 0.3 is 0 Å². The average molecular weight is 260 g/mol. The van der Waals surface area contributed by atoms with E-state index in [2.05, 4.69) is 15.4 Å². The van der Waals surface area contributed by atoms with Crippen molar-refractivity contribution in [3.05, 3.63) is 41.3 Å². The minimum atomic E-state index is 0.760. The highest BCUT2D eigenvalue weighted by atomic mass is 16.5. The lowest BCUT2D eigenvalue weighted by atomic mass is 10.2. The van der Waals surface area contributed by atoms with Gasteiger partial charge in [-0.15, -0.1) is 0 Å². The van der Waals surface area contributed by atoms with Crippen molar-refractivity contribution in [2.45, 2.75) is 19.9 Å². The number of rotatable bonds is 6. The van der Waals surface area contributed by atoms with Crippen LogP contribution in [0.1, 0.15) is 17.0 Å². The van der Waals surface area contributed by atoms with E-state index >= 15 is 0 Å². The number of ether oxygens (including phenoxy) is 1. The van der Waals surface area contributed by atoms with E-state index in [1.807, 2.05) is 38.4 Å². The van der Waals surface area contributed by atoms with E-state index in [1.54, 1.807) is 11.8 Å². The van der Waals surface area contributed by atoms with Crippen LogP contribution in [0.25, 0.3) is 0 Å². The molecule has 2 aromatic rings. The molecule has 1 N–H and O–H groups in total. The zero-order valence-corrected chi connectivity index (χ0v) is 11.7. The molecule has 0 amide bonds. The predicted molar refractivity (Wildman–Crippen MR) is 74.1 cm³/mol. The Balaban J connectivity index is 1.86. The van der Waals surface area contributed by atoms with Crippen LogP contribution in [0.15, 0.2) is 24.4 Å². The normalized spacial score (nSPS) is 10.7. The second kappa shape index (κ2) is 6.33. The number of aryl methyl sites for hydroxylation is 2. The van der Waals surface area contributed by atoms with Crippen molar-refractivity contribution < 1.29 is 4.74 Å². The summed E-state index contributed by atoms with van der Waals surface area (Å²) >= 11 is 0. The van der Waals surface area contributed by atoms with Crippen LogP contribution in [0.4, 0.5) is 0 Å². The van der Waals surface area contributed by atoms with Gasteiger partial charge in [0.05, 0.1) is 18.4 Å². The zero-order valence-electron chi connectivity index (χ0n) is 11.7. The van der Waals surface area contributed by atoms with Gasteiger partial charge in [-0.05, 0) is 19.1 Å². The molecular formula is C14H20N4O. The fourth-order valence-corrected chi connectivity index (χ4v) is 2.12. The lowest BCUT2D eigenvalue weighted by molar-refractivity contribution is 0.368. The fourth-order valence-electron chi connectivity index (χ4n) is 2.12. The Kier molecular flexibility index (Phi) is 4.52. The van der Waals surface area contributed by atoms with Gasteiger partial charge in [0.25, 0.3) is 0 Å². The fraction of sp³-hybridized carbons (Fsp3) is 0.429. The van der Waals surface area contributed by atoms with E-state index in [0.717, 1.165) is 42.3 Å². The number of hydrogen-bond acceptors (Lipinski definition) is 4. The SMILES string of the molecule is COc1c(CNCCc2ccccn2)c(C)nn1C.